The maximum absolute atomic E-state index is 13.8. The number of nitrogens with one attached hydrogen (secondary N) is 1. The normalized spacial score (nSPS) is 27.5. The lowest BCUT2D eigenvalue weighted by molar-refractivity contribution is 0.0888. The number of carbonyl (C=O) groups excluding carboxylic acids is 1. The summed E-state index contributed by atoms with van der Waals surface area (Å²) in [6.07, 6.45) is 5.19. The molecule has 0 spiro atoms. The molecule has 2 fully saturated rings. The van der Waals surface area contributed by atoms with Crippen molar-refractivity contribution in [2.75, 3.05) is 0 Å². The van der Waals surface area contributed by atoms with Crippen molar-refractivity contribution in [1.29, 1.82) is 0 Å². The van der Waals surface area contributed by atoms with Crippen LogP contribution in [0.1, 0.15) is 48.7 Å². The Morgan fingerprint density at radius 1 is 1.35 bits per heavy atom. The summed E-state index contributed by atoms with van der Waals surface area (Å²) in [7, 11) is 0. The molecule has 4 heteroatoms. The van der Waals surface area contributed by atoms with Crippen molar-refractivity contribution >= 4 is 16.9 Å². The third-order valence-electron chi connectivity index (χ3n) is 5.92. The number of amides is 1. The van der Waals surface area contributed by atoms with Crippen LogP contribution < -0.4 is 5.32 Å². The lowest BCUT2D eigenvalue weighted by atomic mass is 9.84. The van der Waals surface area contributed by atoms with Crippen LogP contribution in [0.25, 0.3) is 11.0 Å². The first kappa shape index (κ1) is 14.7. The number of hydrogen-bond donors (Lipinski definition) is 1. The maximum atomic E-state index is 13.8. The lowest BCUT2D eigenvalue weighted by Crippen LogP contribution is -2.40. The highest BCUT2D eigenvalue weighted by Gasteiger charge is 2.42. The molecule has 0 radical (unpaired) electrons. The number of hydrogen-bond acceptors (Lipinski definition) is 2. The van der Waals surface area contributed by atoms with Gasteiger partial charge in [0.05, 0.1) is 0 Å². The van der Waals surface area contributed by atoms with E-state index in [-0.39, 0.29) is 23.3 Å². The number of fused-ring (bicyclic) bond motifs is 3. The van der Waals surface area contributed by atoms with Gasteiger partial charge in [-0.3, -0.25) is 4.79 Å². The van der Waals surface area contributed by atoms with Crippen molar-refractivity contribution < 1.29 is 13.6 Å². The van der Waals surface area contributed by atoms with Gasteiger partial charge in [-0.15, -0.1) is 0 Å². The van der Waals surface area contributed by atoms with Gasteiger partial charge in [-0.1, -0.05) is 18.6 Å². The zero-order valence-corrected chi connectivity index (χ0v) is 13.6. The SMILES string of the molecule is Cc1c(C(=O)N[C@@H](C)[C@@H]2C[C@H]3CC[C@H]2C3)oc2c(F)cccc12. The van der Waals surface area contributed by atoms with E-state index in [1.54, 1.807) is 12.1 Å². The average molecular weight is 315 g/mol. The molecule has 2 bridgehead atoms. The monoisotopic (exact) mass is 315 g/mol. The number of benzene rings is 1. The molecule has 2 aromatic rings. The smallest absolute Gasteiger partial charge is 0.287 e. The maximum Gasteiger partial charge on any atom is 0.287 e. The van der Waals surface area contributed by atoms with Crippen LogP contribution in [0.4, 0.5) is 4.39 Å². The number of para-hydroxylation sites is 1. The van der Waals surface area contributed by atoms with Crippen LogP contribution in [-0.4, -0.2) is 11.9 Å². The van der Waals surface area contributed by atoms with E-state index in [0.717, 1.165) is 11.8 Å². The summed E-state index contributed by atoms with van der Waals surface area (Å²) in [6, 6.07) is 4.91. The number of halogens is 1. The van der Waals surface area contributed by atoms with E-state index in [9.17, 15) is 9.18 Å². The molecule has 1 heterocycles. The van der Waals surface area contributed by atoms with E-state index in [2.05, 4.69) is 12.2 Å². The van der Waals surface area contributed by atoms with Gasteiger partial charge in [0, 0.05) is 17.0 Å². The Bertz CT molecular complexity index is 766. The van der Waals surface area contributed by atoms with Gasteiger partial charge < -0.3 is 9.73 Å². The Morgan fingerprint density at radius 3 is 2.83 bits per heavy atom. The number of furan rings is 1. The minimum absolute atomic E-state index is 0.134. The minimum Gasteiger partial charge on any atom is -0.448 e. The fourth-order valence-corrected chi connectivity index (χ4v) is 4.71. The minimum atomic E-state index is -0.425. The molecular weight excluding hydrogens is 293 g/mol. The second kappa shape index (κ2) is 5.36. The summed E-state index contributed by atoms with van der Waals surface area (Å²) >= 11 is 0. The lowest BCUT2D eigenvalue weighted by Gasteiger charge is -2.28. The van der Waals surface area contributed by atoms with Gasteiger partial charge in [0.1, 0.15) is 0 Å². The van der Waals surface area contributed by atoms with E-state index in [1.165, 1.54) is 31.7 Å². The van der Waals surface area contributed by atoms with Gasteiger partial charge in [-0.05, 0) is 56.9 Å². The fraction of sp³-hybridized carbons (Fsp3) is 0.526. The third kappa shape index (κ3) is 2.35. The second-order valence-corrected chi connectivity index (χ2v) is 7.27. The van der Waals surface area contributed by atoms with Crippen LogP contribution >= 0.6 is 0 Å². The highest BCUT2D eigenvalue weighted by molar-refractivity contribution is 5.99. The van der Waals surface area contributed by atoms with Crippen molar-refractivity contribution in [3.63, 3.8) is 0 Å². The van der Waals surface area contributed by atoms with Gasteiger partial charge in [0.2, 0.25) is 0 Å². The summed E-state index contributed by atoms with van der Waals surface area (Å²) in [4.78, 5) is 12.6. The summed E-state index contributed by atoms with van der Waals surface area (Å²) < 4.78 is 19.4. The highest BCUT2D eigenvalue weighted by Crippen LogP contribution is 2.49. The largest absolute Gasteiger partial charge is 0.448 e. The molecule has 0 saturated heterocycles. The van der Waals surface area contributed by atoms with Crippen molar-refractivity contribution in [1.82, 2.24) is 5.32 Å². The van der Waals surface area contributed by atoms with E-state index in [4.69, 9.17) is 4.42 Å². The molecule has 1 aromatic carbocycles. The molecule has 2 aliphatic carbocycles. The Balaban J connectivity index is 1.55. The number of carbonyl (C=O) groups is 1. The molecule has 23 heavy (non-hydrogen) atoms. The Kier molecular flexibility index (Phi) is 3.43. The molecule has 1 N–H and O–H groups in total. The summed E-state index contributed by atoms with van der Waals surface area (Å²) in [6.45, 7) is 3.89. The van der Waals surface area contributed by atoms with E-state index >= 15 is 0 Å². The molecule has 0 unspecified atom stereocenters. The molecule has 122 valence electrons. The van der Waals surface area contributed by atoms with Gasteiger partial charge >= 0.3 is 0 Å². The molecule has 1 amide bonds. The first-order chi connectivity index (χ1) is 11.0. The molecule has 0 aliphatic heterocycles. The molecule has 3 nitrogen and oxygen atoms in total. The fourth-order valence-electron chi connectivity index (χ4n) is 4.71. The molecule has 2 saturated carbocycles. The van der Waals surface area contributed by atoms with Crippen molar-refractivity contribution in [3.05, 3.63) is 35.3 Å². The molecule has 2 aliphatic rings. The quantitative estimate of drug-likeness (QED) is 0.910. The molecular formula is C19H22FNO2. The molecule has 4 rings (SSSR count). The standard InChI is InChI=1S/C19H22FNO2/c1-10-14-4-3-5-16(20)18(14)23-17(10)19(22)21-11(2)15-9-12-6-7-13(15)8-12/h3-5,11-13,15H,6-9H2,1-2H3,(H,21,22)/t11-,12-,13-,15-/m0/s1. The van der Waals surface area contributed by atoms with Gasteiger partial charge in [0.25, 0.3) is 5.91 Å². The highest BCUT2D eigenvalue weighted by atomic mass is 19.1. The number of aryl methyl sites for hydroxylation is 1. The average Bonchev–Trinajstić information content (AvgIpc) is 3.22. The Labute approximate surface area is 135 Å². The molecule has 1 aromatic heterocycles. The van der Waals surface area contributed by atoms with Gasteiger partial charge in [-0.25, -0.2) is 4.39 Å². The van der Waals surface area contributed by atoms with Crippen LogP contribution in [0.15, 0.2) is 22.6 Å². The zero-order chi connectivity index (χ0) is 16.1. The van der Waals surface area contributed by atoms with Crippen LogP contribution in [0, 0.1) is 30.5 Å². The van der Waals surface area contributed by atoms with Gasteiger partial charge in [-0.2, -0.15) is 0 Å². The summed E-state index contributed by atoms with van der Waals surface area (Å²) in [5.41, 5.74) is 0.875. The topological polar surface area (TPSA) is 42.2 Å². The molecule has 4 atom stereocenters. The van der Waals surface area contributed by atoms with Crippen molar-refractivity contribution in [3.8, 4) is 0 Å². The van der Waals surface area contributed by atoms with Gasteiger partial charge in [0.15, 0.2) is 17.2 Å². The number of rotatable bonds is 3. The third-order valence-corrected chi connectivity index (χ3v) is 5.92. The van der Waals surface area contributed by atoms with Crippen LogP contribution in [0.2, 0.25) is 0 Å². The van der Waals surface area contributed by atoms with Crippen molar-refractivity contribution in [2.45, 2.75) is 45.6 Å². The van der Waals surface area contributed by atoms with E-state index in [1.807, 2.05) is 6.92 Å². The van der Waals surface area contributed by atoms with Crippen LogP contribution in [-0.2, 0) is 0 Å². The van der Waals surface area contributed by atoms with E-state index < -0.39 is 5.82 Å². The Morgan fingerprint density at radius 2 is 2.17 bits per heavy atom. The predicted molar refractivity (Wildman–Crippen MR) is 86.8 cm³/mol. The zero-order valence-electron chi connectivity index (χ0n) is 13.6. The first-order valence-corrected chi connectivity index (χ1v) is 8.53. The Hall–Kier alpha value is -1.84. The van der Waals surface area contributed by atoms with E-state index in [0.29, 0.717) is 16.9 Å². The first-order valence-electron chi connectivity index (χ1n) is 8.53. The van der Waals surface area contributed by atoms with Crippen molar-refractivity contribution in [2.24, 2.45) is 17.8 Å². The predicted octanol–water partition coefficient (Wildman–Crippen LogP) is 4.43. The van der Waals surface area contributed by atoms with Crippen LogP contribution in [0.5, 0.6) is 0 Å². The summed E-state index contributed by atoms with van der Waals surface area (Å²) in [5, 5.41) is 3.76. The summed E-state index contributed by atoms with van der Waals surface area (Å²) in [5.74, 6) is 1.76. The van der Waals surface area contributed by atoms with Crippen LogP contribution in [0.3, 0.4) is 0 Å². The second-order valence-electron chi connectivity index (χ2n) is 7.27.